The number of anilines is 2. The molecule has 0 saturated heterocycles. The van der Waals surface area contributed by atoms with E-state index in [9.17, 15) is 4.79 Å². The second-order valence-electron chi connectivity index (χ2n) is 3.38. The van der Waals surface area contributed by atoms with Crippen molar-refractivity contribution in [3.05, 3.63) is 24.3 Å². The van der Waals surface area contributed by atoms with Crippen LogP contribution in [-0.2, 0) is 4.79 Å². The normalized spacial score (nSPS) is 11.9. The largest absolute Gasteiger partial charge is 0.399 e. The molecular weight excluding hydrogens is 190 g/mol. The Kier molecular flexibility index (Phi) is 3.97. The number of benzene rings is 1. The van der Waals surface area contributed by atoms with Gasteiger partial charge in [0.15, 0.2) is 0 Å². The Morgan fingerprint density at radius 3 is 2.53 bits per heavy atom. The summed E-state index contributed by atoms with van der Waals surface area (Å²) in [4.78, 5) is 11.4. The topological polar surface area (TPSA) is 67.2 Å². The molecular formula is C11H17N3O. The van der Waals surface area contributed by atoms with Crippen LogP contribution in [-0.4, -0.2) is 18.5 Å². The maximum Gasteiger partial charge on any atom is 0.242 e. The lowest BCUT2D eigenvalue weighted by Gasteiger charge is -2.14. The Morgan fingerprint density at radius 1 is 1.40 bits per heavy atom. The molecule has 1 atom stereocenters. The van der Waals surface area contributed by atoms with Crippen LogP contribution in [0.4, 0.5) is 11.4 Å². The summed E-state index contributed by atoms with van der Waals surface area (Å²) < 4.78 is 0. The van der Waals surface area contributed by atoms with Crippen LogP contribution < -0.4 is 16.4 Å². The molecule has 0 radical (unpaired) electrons. The van der Waals surface area contributed by atoms with E-state index in [1.165, 1.54) is 0 Å². The molecule has 0 heterocycles. The zero-order valence-electron chi connectivity index (χ0n) is 9.08. The molecule has 0 aliphatic carbocycles. The van der Waals surface area contributed by atoms with Gasteiger partial charge in [-0.25, -0.2) is 0 Å². The molecule has 1 aromatic rings. The Labute approximate surface area is 89.9 Å². The van der Waals surface area contributed by atoms with Crippen LogP contribution in [0.1, 0.15) is 13.8 Å². The predicted molar refractivity (Wildman–Crippen MR) is 62.6 cm³/mol. The first-order valence-corrected chi connectivity index (χ1v) is 5.03. The zero-order chi connectivity index (χ0) is 11.3. The van der Waals surface area contributed by atoms with E-state index in [-0.39, 0.29) is 11.9 Å². The first-order chi connectivity index (χ1) is 7.13. The molecule has 4 N–H and O–H groups in total. The van der Waals surface area contributed by atoms with Crippen LogP contribution >= 0.6 is 0 Å². The van der Waals surface area contributed by atoms with E-state index in [2.05, 4.69) is 10.6 Å². The summed E-state index contributed by atoms with van der Waals surface area (Å²) in [6.45, 7) is 4.36. The molecule has 4 nitrogen and oxygen atoms in total. The highest BCUT2D eigenvalue weighted by molar-refractivity contribution is 5.84. The number of carbonyl (C=O) groups excluding carboxylic acids is 1. The van der Waals surface area contributed by atoms with Crippen molar-refractivity contribution in [2.45, 2.75) is 19.9 Å². The molecule has 0 saturated carbocycles. The standard InChI is InChI=1S/C11H17N3O/c1-3-13-11(15)8(2)14-10-6-4-9(12)5-7-10/h4-8,14H,3,12H2,1-2H3,(H,13,15). The molecule has 0 aliphatic rings. The van der Waals surface area contributed by atoms with Gasteiger partial charge in [-0.3, -0.25) is 4.79 Å². The van der Waals surface area contributed by atoms with Gasteiger partial charge in [0, 0.05) is 17.9 Å². The van der Waals surface area contributed by atoms with E-state index in [1.807, 2.05) is 26.0 Å². The van der Waals surface area contributed by atoms with Crippen molar-refractivity contribution in [3.63, 3.8) is 0 Å². The minimum atomic E-state index is -0.242. The van der Waals surface area contributed by atoms with E-state index >= 15 is 0 Å². The van der Waals surface area contributed by atoms with Gasteiger partial charge in [-0.05, 0) is 38.1 Å². The van der Waals surface area contributed by atoms with Gasteiger partial charge in [0.1, 0.15) is 6.04 Å². The molecule has 0 bridgehead atoms. The SMILES string of the molecule is CCNC(=O)C(C)Nc1ccc(N)cc1. The summed E-state index contributed by atoms with van der Waals surface area (Å²) in [7, 11) is 0. The van der Waals surface area contributed by atoms with Gasteiger partial charge in [0.25, 0.3) is 0 Å². The summed E-state index contributed by atoms with van der Waals surface area (Å²) in [6.07, 6.45) is 0. The Morgan fingerprint density at radius 2 is 2.00 bits per heavy atom. The third-order valence-electron chi connectivity index (χ3n) is 2.04. The monoisotopic (exact) mass is 207 g/mol. The van der Waals surface area contributed by atoms with Gasteiger partial charge < -0.3 is 16.4 Å². The molecule has 4 heteroatoms. The minimum absolute atomic E-state index is 0.00525. The van der Waals surface area contributed by atoms with Crippen molar-refractivity contribution in [2.24, 2.45) is 0 Å². The van der Waals surface area contributed by atoms with E-state index in [4.69, 9.17) is 5.73 Å². The summed E-state index contributed by atoms with van der Waals surface area (Å²) in [5.41, 5.74) is 7.16. The number of nitrogen functional groups attached to an aromatic ring is 1. The molecule has 1 unspecified atom stereocenters. The molecule has 0 aromatic heterocycles. The Balaban J connectivity index is 2.54. The first kappa shape index (κ1) is 11.4. The number of hydrogen-bond donors (Lipinski definition) is 3. The summed E-state index contributed by atoms with van der Waals surface area (Å²) >= 11 is 0. The number of amides is 1. The smallest absolute Gasteiger partial charge is 0.242 e. The molecule has 0 spiro atoms. The fourth-order valence-corrected chi connectivity index (χ4v) is 1.22. The Bertz CT molecular complexity index is 321. The fraction of sp³-hybridized carbons (Fsp3) is 0.364. The average Bonchev–Trinajstić information content (AvgIpc) is 2.22. The summed E-state index contributed by atoms with van der Waals surface area (Å²) in [5, 5.41) is 5.84. The lowest BCUT2D eigenvalue weighted by Crippen LogP contribution is -2.37. The maximum atomic E-state index is 11.4. The molecule has 82 valence electrons. The number of likely N-dealkylation sites (N-methyl/N-ethyl adjacent to an activating group) is 1. The highest BCUT2D eigenvalue weighted by Crippen LogP contribution is 2.11. The molecule has 1 rings (SSSR count). The highest BCUT2D eigenvalue weighted by Gasteiger charge is 2.10. The van der Waals surface area contributed by atoms with Crippen LogP contribution in [0.15, 0.2) is 24.3 Å². The van der Waals surface area contributed by atoms with Gasteiger partial charge in [-0.2, -0.15) is 0 Å². The first-order valence-electron chi connectivity index (χ1n) is 5.03. The van der Waals surface area contributed by atoms with E-state index < -0.39 is 0 Å². The van der Waals surface area contributed by atoms with Crippen LogP contribution in [0.5, 0.6) is 0 Å². The molecule has 1 aromatic carbocycles. The van der Waals surface area contributed by atoms with Crippen LogP contribution in [0.3, 0.4) is 0 Å². The lowest BCUT2D eigenvalue weighted by molar-refractivity contribution is -0.121. The van der Waals surface area contributed by atoms with Crippen molar-refractivity contribution in [1.29, 1.82) is 0 Å². The molecule has 1 amide bonds. The van der Waals surface area contributed by atoms with E-state index in [1.54, 1.807) is 12.1 Å². The number of rotatable bonds is 4. The van der Waals surface area contributed by atoms with Gasteiger partial charge in [0.05, 0.1) is 0 Å². The molecule has 0 aliphatic heterocycles. The van der Waals surface area contributed by atoms with Crippen LogP contribution in [0, 0.1) is 0 Å². The summed E-state index contributed by atoms with van der Waals surface area (Å²) in [6, 6.07) is 7.06. The average molecular weight is 207 g/mol. The maximum absolute atomic E-state index is 11.4. The minimum Gasteiger partial charge on any atom is -0.399 e. The third-order valence-corrected chi connectivity index (χ3v) is 2.04. The highest BCUT2D eigenvalue weighted by atomic mass is 16.2. The third kappa shape index (κ3) is 3.50. The second kappa shape index (κ2) is 5.24. The van der Waals surface area contributed by atoms with E-state index in [0.717, 1.165) is 5.69 Å². The van der Waals surface area contributed by atoms with Gasteiger partial charge in [0.2, 0.25) is 5.91 Å². The van der Waals surface area contributed by atoms with Gasteiger partial charge in [-0.1, -0.05) is 0 Å². The van der Waals surface area contributed by atoms with Crippen molar-refractivity contribution in [1.82, 2.24) is 5.32 Å². The number of nitrogens with one attached hydrogen (secondary N) is 2. The molecule has 15 heavy (non-hydrogen) atoms. The van der Waals surface area contributed by atoms with Crippen molar-refractivity contribution in [2.75, 3.05) is 17.6 Å². The lowest BCUT2D eigenvalue weighted by atomic mass is 10.2. The number of hydrogen-bond acceptors (Lipinski definition) is 3. The van der Waals surface area contributed by atoms with Crippen molar-refractivity contribution >= 4 is 17.3 Å². The van der Waals surface area contributed by atoms with Crippen LogP contribution in [0.25, 0.3) is 0 Å². The quantitative estimate of drug-likeness (QED) is 0.650. The Hall–Kier alpha value is -1.71. The van der Waals surface area contributed by atoms with Gasteiger partial charge >= 0.3 is 0 Å². The number of carbonyl (C=O) groups is 1. The van der Waals surface area contributed by atoms with E-state index in [0.29, 0.717) is 12.2 Å². The zero-order valence-corrected chi connectivity index (χ0v) is 9.08. The number of nitrogens with two attached hydrogens (primary N) is 1. The fourth-order valence-electron chi connectivity index (χ4n) is 1.22. The van der Waals surface area contributed by atoms with Crippen molar-refractivity contribution in [3.8, 4) is 0 Å². The van der Waals surface area contributed by atoms with Crippen molar-refractivity contribution < 1.29 is 4.79 Å². The second-order valence-corrected chi connectivity index (χ2v) is 3.38. The predicted octanol–water partition coefficient (Wildman–Crippen LogP) is 1.21. The van der Waals surface area contributed by atoms with Gasteiger partial charge in [-0.15, -0.1) is 0 Å². The molecule has 0 fully saturated rings. The summed E-state index contributed by atoms with van der Waals surface area (Å²) in [5.74, 6) is -0.00525. The van der Waals surface area contributed by atoms with Crippen LogP contribution in [0.2, 0.25) is 0 Å².